The molecular weight excluding hydrogens is 174 g/mol. The lowest BCUT2D eigenvalue weighted by atomic mass is 10.1. The van der Waals surface area contributed by atoms with Gasteiger partial charge >= 0.3 is 0 Å². The molecule has 2 rings (SSSR count). The van der Waals surface area contributed by atoms with E-state index in [0.717, 1.165) is 25.0 Å². The van der Waals surface area contributed by atoms with Gasteiger partial charge in [0.1, 0.15) is 0 Å². The Morgan fingerprint density at radius 2 is 2.21 bits per heavy atom. The van der Waals surface area contributed by atoms with Crippen LogP contribution in [0.2, 0.25) is 0 Å². The maximum atomic E-state index is 5.56. The molecule has 3 heteroatoms. The van der Waals surface area contributed by atoms with E-state index in [1.807, 2.05) is 0 Å². The smallest absolute Gasteiger partial charge is 0.0224 e. The van der Waals surface area contributed by atoms with Crippen LogP contribution in [0.15, 0.2) is 0 Å². The van der Waals surface area contributed by atoms with E-state index in [4.69, 9.17) is 5.73 Å². The number of piperazine rings is 1. The fraction of sp³-hybridized carbons (Fsp3) is 1.00. The Morgan fingerprint density at radius 1 is 1.36 bits per heavy atom. The highest BCUT2D eigenvalue weighted by Crippen LogP contribution is 2.24. The summed E-state index contributed by atoms with van der Waals surface area (Å²) in [5.74, 6) is 0. The number of hydrogen-bond donors (Lipinski definition) is 1. The summed E-state index contributed by atoms with van der Waals surface area (Å²) in [5.41, 5.74) is 5.56. The lowest BCUT2D eigenvalue weighted by molar-refractivity contribution is 0.0593. The van der Waals surface area contributed by atoms with Gasteiger partial charge in [-0.15, -0.1) is 0 Å². The van der Waals surface area contributed by atoms with Gasteiger partial charge in [0.2, 0.25) is 0 Å². The van der Waals surface area contributed by atoms with Crippen molar-refractivity contribution in [3.05, 3.63) is 0 Å². The van der Waals surface area contributed by atoms with Gasteiger partial charge in [0, 0.05) is 25.2 Å². The molecule has 0 amide bonds. The number of fused-ring (bicyclic) bond motifs is 1. The second-order valence-electron chi connectivity index (χ2n) is 4.78. The molecule has 2 aliphatic rings. The van der Waals surface area contributed by atoms with Crippen molar-refractivity contribution in [3.63, 3.8) is 0 Å². The van der Waals surface area contributed by atoms with E-state index in [1.165, 1.54) is 39.0 Å². The van der Waals surface area contributed by atoms with Gasteiger partial charge in [-0.3, -0.25) is 9.80 Å². The van der Waals surface area contributed by atoms with E-state index in [-0.39, 0.29) is 0 Å². The van der Waals surface area contributed by atoms with Gasteiger partial charge in [-0.05, 0) is 45.8 Å². The van der Waals surface area contributed by atoms with E-state index in [1.54, 1.807) is 0 Å². The molecule has 3 nitrogen and oxygen atoms in total. The summed E-state index contributed by atoms with van der Waals surface area (Å²) in [4.78, 5) is 5.29. The molecule has 0 bridgehead atoms. The standard InChI is InChI=1S/C11H23N3/c1-10-8-14-6-2-4-11(14)9-13(10)7-3-5-12/h10-11H,2-9,12H2,1H3. The zero-order valence-electron chi connectivity index (χ0n) is 9.28. The molecule has 2 atom stereocenters. The van der Waals surface area contributed by atoms with Gasteiger partial charge < -0.3 is 5.73 Å². The molecule has 0 aromatic carbocycles. The van der Waals surface area contributed by atoms with Crippen LogP contribution in [0.3, 0.4) is 0 Å². The third-order valence-corrected chi connectivity index (χ3v) is 3.72. The molecule has 2 saturated heterocycles. The van der Waals surface area contributed by atoms with Crippen molar-refractivity contribution < 1.29 is 0 Å². The molecule has 2 fully saturated rings. The average Bonchev–Trinajstić information content (AvgIpc) is 2.61. The summed E-state index contributed by atoms with van der Waals surface area (Å²) in [6, 6.07) is 1.58. The lowest BCUT2D eigenvalue weighted by Gasteiger charge is -2.42. The molecule has 0 aliphatic carbocycles. The highest BCUT2D eigenvalue weighted by atomic mass is 15.3. The van der Waals surface area contributed by atoms with Gasteiger partial charge in [-0.1, -0.05) is 0 Å². The van der Waals surface area contributed by atoms with Crippen molar-refractivity contribution in [3.8, 4) is 0 Å². The van der Waals surface area contributed by atoms with Crippen LogP contribution in [-0.4, -0.2) is 54.6 Å². The van der Waals surface area contributed by atoms with Gasteiger partial charge in [-0.25, -0.2) is 0 Å². The first-order valence-electron chi connectivity index (χ1n) is 5.99. The van der Waals surface area contributed by atoms with Crippen LogP contribution in [0.25, 0.3) is 0 Å². The van der Waals surface area contributed by atoms with Crippen LogP contribution < -0.4 is 5.73 Å². The molecule has 0 spiro atoms. The third-order valence-electron chi connectivity index (χ3n) is 3.72. The molecule has 2 heterocycles. The largest absolute Gasteiger partial charge is 0.330 e. The Morgan fingerprint density at radius 3 is 3.00 bits per heavy atom. The molecule has 0 aromatic rings. The monoisotopic (exact) mass is 197 g/mol. The quantitative estimate of drug-likeness (QED) is 0.715. The molecule has 2 unspecified atom stereocenters. The topological polar surface area (TPSA) is 32.5 Å². The Balaban J connectivity index is 1.86. The molecule has 82 valence electrons. The maximum absolute atomic E-state index is 5.56. The fourth-order valence-electron chi connectivity index (χ4n) is 2.85. The van der Waals surface area contributed by atoms with Gasteiger partial charge in [0.05, 0.1) is 0 Å². The predicted octanol–water partition coefficient (Wildman–Crippen LogP) is 0.504. The normalized spacial score (nSPS) is 34.7. The van der Waals surface area contributed by atoms with Gasteiger partial charge in [-0.2, -0.15) is 0 Å². The first-order valence-corrected chi connectivity index (χ1v) is 5.99. The summed E-state index contributed by atoms with van der Waals surface area (Å²) in [5, 5.41) is 0. The predicted molar refractivity (Wildman–Crippen MR) is 59.3 cm³/mol. The number of nitrogens with two attached hydrogens (primary N) is 1. The van der Waals surface area contributed by atoms with Crippen LogP contribution in [0.4, 0.5) is 0 Å². The van der Waals surface area contributed by atoms with Crippen LogP contribution in [-0.2, 0) is 0 Å². The lowest BCUT2D eigenvalue weighted by Crippen LogP contribution is -2.55. The average molecular weight is 197 g/mol. The summed E-state index contributed by atoms with van der Waals surface area (Å²) in [6.45, 7) is 8.26. The van der Waals surface area contributed by atoms with E-state index < -0.39 is 0 Å². The minimum atomic E-state index is 0.732. The number of hydrogen-bond acceptors (Lipinski definition) is 3. The number of nitrogens with zero attached hydrogens (tertiary/aromatic N) is 2. The van der Waals surface area contributed by atoms with E-state index in [0.29, 0.717) is 0 Å². The van der Waals surface area contributed by atoms with Crippen LogP contribution in [0, 0.1) is 0 Å². The van der Waals surface area contributed by atoms with Crippen molar-refractivity contribution in [2.75, 3.05) is 32.7 Å². The fourth-order valence-corrected chi connectivity index (χ4v) is 2.85. The van der Waals surface area contributed by atoms with E-state index >= 15 is 0 Å². The van der Waals surface area contributed by atoms with Crippen molar-refractivity contribution in [1.82, 2.24) is 9.80 Å². The van der Waals surface area contributed by atoms with Crippen molar-refractivity contribution in [2.24, 2.45) is 5.73 Å². The van der Waals surface area contributed by atoms with Crippen molar-refractivity contribution in [2.45, 2.75) is 38.3 Å². The minimum Gasteiger partial charge on any atom is -0.330 e. The van der Waals surface area contributed by atoms with Crippen molar-refractivity contribution >= 4 is 0 Å². The zero-order valence-corrected chi connectivity index (χ0v) is 9.28. The van der Waals surface area contributed by atoms with E-state index in [2.05, 4.69) is 16.7 Å². The van der Waals surface area contributed by atoms with Crippen LogP contribution >= 0.6 is 0 Å². The van der Waals surface area contributed by atoms with Crippen molar-refractivity contribution in [1.29, 1.82) is 0 Å². The Bertz CT molecular complexity index is 183. The SMILES string of the molecule is CC1CN2CCCC2CN1CCCN. The summed E-state index contributed by atoms with van der Waals surface area (Å²) < 4.78 is 0. The van der Waals surface area contributed by atoms with Crippen LogP contribution in [0.5, 0.6) is 0 Å². The Labute approximate surface area is 87.2 Å². The third kappa shape index (κ3) is 2.10. The van der Waals surface area contributed by atoms with Gasteiger partial charge in [0.25, 0.3) is 0 Å². The zero-order chi connectivity index (χ0) is 9.97. The molecule has 0 radical (unpaired) electrons. The van der Waals surface area contributed by atoms with E-state index in [9.17, 15) is 0 Å². The molecule has 0 saturated carbocycles. The Kier molecular flexibility index (Phi) is 3.42. The number of rotatable bonds is 3. The summed E-state index contributed by atoms with van der Waals surface area (Å²) in [6.07, 6.45) is 3.96. The second kappa shape index (κ2) is 4.60. The molecular formula is C11H23N3. The molecule has 14 heavy (non-hydrogen) atoms. The summed E-state index contributed by atoms with van der Waals surface area (Å²) >= 11 is 0. The molecule has 2 N–H and O–H groups in total. The molecule has 0 aromatic heterocycles. The first kappa shape index (κ1) is 10.4. The summed E-state index contributed by atoms with van der Waals surface area (Å²) in [7, 11) is 0. The highest BCUT2D eigenvalue weighted by molar-refractivity contribution is 4.90. The van der Waals surface area contributed by atoms with Crippen LogP contribution in [0.1, 0.15) is 26.2 Å². The second-order valence-corrected chi connectivity index (χ2v) is 4.78. The molecule has 2 aliphatic heterocycles. The maximum Gasteiger partial charge on any atom is 0.0224 e. The minimum absolute atomic E-state index is 0.732. The highest BCUT2D eigenvalue weighted by Gasteiger charge is 2.33. The Hall–Kier alpha value is -0.120. The first-order chi connectivity index (χ1) is 6.81. The van der Waals surface area contributed by atoms with Gasteiger partial charge in [0.15, 0.2) is 0 Å².